The lowest BCUT2D eigenvalue weighted by Crippen LogP contribution is -2.34. The summed E-state index contributed by atoms with van der Waals surface area (Å²) in [6, 6.07) is 7.72. The second-order valence-electron chi connectivity index (χ2n) is 6.29. The predicted molar refractivity (Wildman–Crippen MR) is 89.1 cm³/mol. The van der Waals surface area contributed by atoms with Crippen LogP contribution in [0.2, 0.25) is 0 Å². The monoisotopic (exact) mass is 305 g/mol. The van der Waals surface area contributed by atoms with Gasteiger partial charge in [0, 0.05) is 30.3 Å². The van der Waals surface area contributed by atoms with E-state index in [-0.39, 0.29) is 17.9 Å². The Hall–Kier alpha value is -1.59. The molecule has 1 aliphatic rings. The Morgan fingerprint density at radius 2 is 2.23 bits per heavy atom. The Bertz CT molecular complexity index is 491. The van der Waals surface area contributed by atoms with Crippen molar-refractivity contribution in [1.82, 2.24) is 4.90 Å². The Morgan fingerprint density at radius 3 is 2.95 bits per heavy atom. The highest BCUT2D eigenvalue weighted by molar-refractivity contribution is 5.92. The van der Waals surface area contributed by atoms with Crippen molar-refractivity contribution in [2.75, 3.05) is 32.6 Å². The third kappa shape index (κ3) is 5.31. The molecule has 22 heavy (non-hydrogen) atoms. The molecule has 0 spiro atoms. The van der Waals surface area contributed by atoms with Crippen molar-refractivity contribution in [3.8, 4) is 5.75 Å². The van der Waals surface area contributed by atoms with Gasteiger partial charge in [0.05, 0.1) is 0 Å². The fraction of sp³-hybridized carbons (Fsp3) is 0.588. The maximum atomic E-state index is 12.3. The van der Waals surface area contributed by atoms with Crippen LogP contribution in [0, 0.1) is 5.92 Å². The van der Waals surface area contributed by atoms with Crippen LogP contribution in [0.1, 0.15) is 25.7 Å². The van der Waals surface area contributed by atoms with Gasteiger partial charge in [0.15, 0.2) is 0 Å². The average Bonchev–Trinajstić information content (AvgIpc) is 2.47. The number of rotatable bonds is 6. The number of likely N-dealkylation sites (N-methyl/N-ethyl adjacent to an activating group) is 1. The third-order valence-corrected chi connectivity index (χ3v) is 3.99. The van der Waals surface area contributed by atoms with E-state index in [4.69, 9.17) is 10.5 Å². The highest BCUT2D eigenvalue weighted by Gasteiger charge is 2.25. The summed E-state index contributed by atoms with van der Waals surface area (Å²) in [7, 11) is 4.02. The van der Waals surface area contributed by atoms with E-state index in [1.165, 1.54) is 0 Å². The summed E-state index contributed by atoms with van der Waals surface area (Å²) in [6.07, 6.45) is 3.77. The largest absolute Gasteiger partial charge is 0.492 e. The molecule has 1 fully saturated rings. The molecular weight excluding hydrogens is 278 g/mol. The van der Waals surface area contributed by atoms with E-state index in [2.05, 4.69) is 10.2 Å². The molecule has 2 atom stereocenters. The number of anilines is 1. The topological polar surface area (TPSA) is 67.6 Å². The second-order valence-corrected chi connectivity index (χ2v) is 6.29. The van der Waals surface area contributed by atoms with E-state index >= 15 is 0 Å². The molecule has 0 bridgehead atoms. The SMILES string of the molecule is CN(C)CCOc1cccc(NC(=O)C2CCCC(N)C2)c1. The number of nitrogens with one attached hydrogen (secondary N) is 1. The van der Waals surface area contributed by atoms with Gasteiger partial charge in [-0.1, -0.05) is 12.5 Å². The van der Waals surface area contributed by atoms with Crippen molar-refractivity contribution >= 4 is 11.6 Å². The first kappa shape index (κ1) is 16.8. The summed E-state index contributed by atoms with van der Waals surface area (Å²) >= 11 is 0. The van der Waals surface area contributed by atoms with Gasteiger partial charge in [0.2, 0.25) is 5.91 Å². The van der Waals surface area contributed by atoms with E-state index in [0.29, 0.717) is 6.61 Å². The van der Waals surface area contributed by atoms with E-state index in [1.807, 2.05) is 38.4 Å². The molecule has 1 saturated carbocycles. The minimum absolute atomic E-state index is 0.0297. The molecule has 0 saturated heterocycles. The number of hydrogen-bond donors (Lipinski definition) is 2. The zero-order chi connectivity index (χ0) is 15.9. The van der Waals surface area contributed by atoms with Gasteiger partial charge in [0.25, 0.3) is 0 Å². The molecule has 1 amide bonds. The van der Waals surface area contributed by atoms with Crippen LogP contribution < -0.4 is 15.8 Å². The minimum Gasteiger partial charge on any atom is -0.492 e. The van der Waals surface area contributed by atoms with E-state index < -0.39 is 0 Å². The molecule has 1 aliphatic carbocycles. The number of ether oxygens (including phenoxy) is 1. The lowest BCUT2D eigenvalue weighted by molar-refractivity contribution is -0.120. The van der Waals surface area contributed by atoms with Crippen LogP contribution >= 0.6 is 0 Å². The van der Waals surface area contributed by atoms with Crippen molar-refractivity contribution in [1.29, 1.82) is 0 Å². The molecular formula is C17H27N3O2. The number of nitrogens with zero attached hydrogens (tertiary/aromatic N) is 1. The quantitative estimate of drug-likeness (QED) is 0.844. The molecule has 2 unspecified atom stereocenters. The summed E-state index contributed by atoms with van der Waals surface area (Å²) in [5, 5.41) is 2.99. The fourth-order valence-electron chi connectivity index (χ4n) is 2.72. The zero-order valence-corrected chi connectivity index (χ0v) is 13.5. The fourth-order valence-corrected chi connectivity index (χ4v) is 2.72. The van der Waals surface area contributed by atoms with Crippen LogP contribution in [0.25, 0.3) is 0 Å². The van der Waals surface area contributed by atoms with Crippen LogP contribution in [0.5, 0.6) is 5.75 Å². The van der Waals surface area contributed by atoms with Crippen LogP contribution in [-0.4, -0.2) is 44.1 Å². The molecule has 2 rings (SSSR count). The van der Waals surface area contributed by atoms with Crippen LogP contribution in [0.15, 0.2) is 24.3 Å². The standard InChI is InChI=1S/C17H27N3O2/c1-20(2)9-10-22-16-8-4-7-15(12-16)19-17(21)13-5-3-6-14(18)11-13/h4,7-8,12-14H,3,5-6,9-11,18H2,1-2H3,(H,19,21). The summed E-state index contributed by atoms with van der Waals surface area (Å²) in [6.45, 7) is 1.48. The lowest BCUT2D eigenvalue weighted by atomic mass is 9.85. The molecule has 0 aliphatic heterocycles. The number of carbonyl (C=O) groups excluding carboxylic acids is 1. The average molecular weight is 305 g/mol. The third-order valence-electron chi connectivity index (χ3n) is 3.99. The van der Waals surface area contributed by atoms with Gasteiger partial charge in [-0.2, -0.15) is 0 Å². The molecule has 5 heteroatoms. The van der Waals surface area contributed by atoms with Gasteiger partial charge in [-0.3, -0.25) is 4.79 Å². The highest BCUT2D eigenvalue weighted by atomic mass is 16.5. The summed E-state index contributed by atoms with van der Waals surface area (Å²) in [4.78, 5) is 14.4. The second kappa shape index (κ2) is 8.15. The van der Waals surface area contributed by atoms with E-state index in [1.54, 1.807) is 0 Å². The van der Waals surface area contributed by atoms with E-state index in [0.717, 1.165) is 43.7 Å². The number of nitrogens with two attached hydrogens (primary N) is 1. The van der Waals surface area contributed by atoms with Crippen molar-refractivity contribution in [3.05, 3.63) is 24.3 Å². The Kier molecular flexibility index (Phi) is 6.21. The molecule has 3 N–H and O–H groups in total. The summed E-state index contributed by atoms with van der Waals surface area (Å²) < 4.78 is 5.69. The van der Waals surface area contributed by atoms with E-state index in [9.17, 15) is 4.79 Å². The van der Waals surface area contributed by atoms with Gasteiger partial charge < -0.3 is 20.7 Å². The first-order chi connectivity index (χ1) is 10.5. The Balaban J connectivity index is 1.87. The minimum atomic E-state index is 0.0297. The Morgan fingerprint density at radius 1 is 1.41 bits per heavy atom. The number of carbonyl (C=O) groups is 1. The zero-order valence-electron chi connectivity index (χ0n) is 13.5. The molecule has 0 aromatic heterocycles. The predicted octanol–water partition coefficient (Wildman–Crippen LogP) is 2.08. The molecule has 0 heterocycles. The van der Waals surface area contributed by atoms with Gasteiger partial charge in [-0.15, -0.1) is 0 Å². The normalized spacial score (nSPS) is 21.6. The van der Waals surface area contributed by atoms with Crippen LogP contribution in [-0.2, 0) is 4.79 Å². The summed E-state index contributed by atoms with van der Waals surface area (Å²) in [5.41, 5.74) is 6.74. The lowest BCUT2D eigenvalue weighted by Gasteiger charge is -2.25. The van der Waals surface area contributed by atoms with Gasteiger partial charge in [-0.25, -0.2) is 0 Å². The molecule has 122 valence electrons. The van der Waals surface area contributed by atoms with Gasteiger partial charge >= 0.3 is 0 Å². The first-order valence-electron chi connectivity index (χ1n) is 7.98. The molecule has 0 radical (unpaired) electrons. The number of hydrogen-bond acceptors (Lipinski definition) is 4. The molecule has 1 aromatic carbocycles. The van der Waals surface area contributed by atoms with Crippen LogP contribution in [0.3, 0.4) is 0 Å². The Labute approximate surface area is 132 Å². The van der Waals surface area contributed by atoms with Gasteiger partial charge in [0.1, 0.15) is 12.4 Å². The number of amides is 1. The maximum Gasteiger partial charge on any atom is 0.227 e. The highest BCUT2D eigenvalue weighted by Crippen LogP contribution is 2.25. The molecule has 1 aromatic rings. The smallest absolute Gasteiger partial charge is 0.227 e. The maximum absolute atomic E-state index is 12.3. The van der Waals surface area contributed by atoms with Crippen molar-refractivity contribution in [2.45, 2.75) is 31.7 Å². The molecule has 5 nitrogen and oxygen atoms in total. The van der Waals surface area contributed by atoms with Gasteiger partial charge in [-0.05, 0) is 45.5 Å². The van der Waals surface area contributed by atoms with Crippen molar-refractivity contribution in [2.24, 2.45) is 11.7 Å². The number of benzene rings is 1. The summed E-state index contributed by atoms with van der Waals surface area (Å²) in [5.74, 6) is 0.877. The first-order valence-corrected chi connectivity index (χ1v) is 7.98. The van der Waals surface area contributed by atoms with Crippen LogP contribution in [0.4, 0.5) is 5.69 Å². The van der Waals surface area contributed by atoms with Crippen molar-refractivity contribution < 1.29 is 9.53 Å². The van der Waals surface area contributed by atoms with Crippen molar-refractivity contribution in [3.63, 3.8) is 0 Å².